The highest BCUT2D eigenvalue weighted by Crippen LogP contribution is 2.40. The minimum Gasteiger partial charge on any atom is -0.357 e. The molecule has 0 bridgehead atoms. The number of hydrazine groups is 1. The van der Waals surface area contributed by atoms with Crippen LogP contribution in [0.5, 0.6) is 0 Å². The fourth-order valence-corrected chi connectivity index (χ4v) is 3.11. The predicted molar refractivity (Wildman–Crippen MR) is 76.6 cm³/mol. The van der Waals surface area contributed by atoms with E-state index < -0.39 is 0 Å². The Morgan fingerprint density at radius 1 is 1.30 bits per heavy atom. The summed E-state index contributed by atoms with van der Waals surface area (Å²) in [5.41, 5.74) is 1.27. The van der Waals surface area contributed by atoms with Crippen molar-refractivity contribution in [3.05, 3.63) is 35.9 Å². The van der Waals surface area contributed by atoms with Crippen LogP contribution in [0.2, 0.25) is 0 Å². The molecule has 2 saturated heterocycles. The second-order valence-corrected chi connectivity index (χ2v) is 5.49. The summed E-state index contributed by atoms with van der Waals surface area (Å²) in [6, 6.07) is 10.7. The molecule has 3 rings (SSSR count). The summed E-state index contributed by atoms with van der Waals surface area (Å²) in [4.78, 5) is 12.1. The van der Waals surface area contributed by atoms with E-state index in [4.69, 9.17) is 4.74 Å². The van der Waals surface area contributed by atoms with Crippen LogP contribution in [0.25, 0.3) is 0 Å². The maximum absolute atomic E-state index is 12.1. The third-order valence-electron chi connectivity index (χ3n) is 4.14. The van der Waals surface area contributed by atoms with Gasteiger partial charge < -0.3 is 4.74 Å². The first-order valence-electron chi connectivity index (χ1n) is 7.56. The van der Waals surface area contributed by atoms with Gasteiger partial charge >= 0.3 is 0 Å². The van der Waals surface area contributed by atoms with E-state index in [0.717, 1.165) is 32.4 Å². The number of carbonyl (C=O) groups excluding carboxylic acids is 1. The fraction of sp³-hybridized carbons (Fsp3) is 0.562. The molecule has 2 fully saturated rings. The molecule has 0 aliphatic carbocycles. The molecule has 2 unspecified atom stereocenters. The molecule has 2 aliphatic heterocycles. The first kappa shape index (κ1) is 13.6. The molecule has 1 aromatic carbocycles. The van der Waals surface area contributed by atoms with Crippen LogP contribution in [0.1, 0.15) is 44.2 Å². The number of ether oxygens (including phenoxy) is 1. The molecule has 20 heavy (non-hydrogen) atoms. The van der Waals surface area contributed by atoms with E-state index in [-0.39, 0.29) is 18.2 Å². The van der Waals surface area contributed by atoms with Gasteiger partial charge in [0.05, 0.1) is 6.04 Å². The minimum atomic E-state index is -0.0817. The molecule has 2 aliphatic rings. The van der Waals surface area contributed by atoms with Crippen molar-refractivity contribution in [1.82, 2.24) is 10.0 Å². The zero-order chi connectivity index (χ0) is 13.9. The van der Waals surface area contributed by atoms with Gasteiger partial charge in [0.1, 0.15) is 6.23 Å². The normalized spacial score (nSPS) is 26.2. The van der Waals surface area contributed by atoms with Crippen LogP contribution in [-0.4, -0.2) is 35.3 Å². The summed E-state index contributed by atoms with van der Waals surface area (Å²) in [6.45, 7) is 3.70. The number of nitrogens with zero attached hydrogens (tertiary/aromatic N) is 2. The molecule has 4 heteroatoms. The third-order valence-corrected chi connectivity index (χ3v) is 4.14. The lowest BCUT2D eigenvalue weighted by atomic mass is 10.0. The fourth-order valence-electron chi connectivity index (χ4n) is 3.11. The number of fused-ring (bicyclic) bond motifs is 1. The molecular weight excluding hydrogens is 252 g/mol. The van der Waals surface area contributed by atoms with Gasteiger partial charge in [0.25, 0.3) is 0 Å². The maximum Gasteiger partial charge on any atom is 0.240 e. The van der Waals surface area contributed by atoms with Crippen LogP contribution >= 0.6 is 0 Å². The highest BCUT2D eigenvalue weighted by atomic mass is 16.5. The molecule has 0 radical (unpaired) electrons. The molecule has 1 aromatic rings. The van der Waals surface area contributed by atoms with Crippen molar-refractivity contribution in [1.29, 1.82) is 0 Å². The Balaban J connectivity index is 1.76. The minimum absolute atomic E-state index is 0.0817. The van der Waals surface area contributed by atoms with Crippen molar-refractivity contribution in [2.75, 3.05) is 13.2 Å². The van der Waals surface area contributed by atoms with Gasteiger partial charge in [0, 0.05) is 26.0 Å². The van der Waals surface area contributed by atoms with Crippen molar-refractivity contribution in [2.45, 2.75) is 44.9 Å². The number of unbranched alkanes of at least 4 members (excludes halogenated alkanes) is 1. The van der Waals surface area contributed by atoms with Gasteiger partial charge in [-0.25, -0.2) is 10.0 Å². The van der Waals surface area contributed by atoms with Crippen LogP contribution < -0.4 is 0 Å². The highest BCUT2D eigenvalue weighted by molar-refractivity contribution is 5.78. The second kappa shape index (κ2) is 5.94. The summed E-state index contributed by atoms with van der Waals surface area (Å²) < 4.78 is 5.94. The lowest BCUT2D eigenvalue weighted by molar-refractivity contribution is -0.155. The van der Waals surface area contributed by atoms with Crippen molar-refractivity contribution in [2.24, 2.45) is 0 Å². The van der Waals surface area contributed by atoms with E-state index in [0.29, 0.717) is 6.42 Å². The molecule has 2 heterocycles. The van der Waals surface area contributed by atoms with Crippen LogP contribution in [0.4, 0.5) is 0 Å². The lowest BCUT2D eigenvalue weighted by Crippen LogP contribution is -2.40. The van der Waals surface area contributed by atoms with Crippen molar-refractivity contribution < 1.29 is 9.53 Å². The standard InChI is InChI=1S/C16H22N2O2/c1-2-3-11-20-16-12-14(13-7-5-4-6-8-13)17-10-9-15(19)18(16)17/h4-8,14,16H,2-3,9-12H2,1H3. The highest BCUT2D eigenvalue weighted by Gasteiger charge is 2.46. The lowest BCUT2D eigenvalue weighted by Gasteiger charge is -2.27. The SMILES string of the molecule is CCCCOC1CC(c2ccccc2)N2CCC(=O)N12. The Morgan fingerprint density at radius 3 is 2.85 bits per heavy atom. The van der Waals surface area contributed by atoms with Crippen molar-refractivity contribution in [3.8, 4) is 0 Å². The Bertz CT molecular complexity index is 463. The number of benzene rings is 1. The van der Waals surface area contributed by atoms with E-state index >= 15 is 0 Å². The van der Waals surface area contributed by atoms with Gasteiger partial charge in [-0.15, -0.1) is 0 Å². The summed E-state index contributed by atoms with van der Waals surface area (Å²) in [5.74, 6) is 0.199. The summed E-state index contributed by atoms with van der Waals surface area (Å²) in [7, 11) is 0. The summed E-state index contributed by atoms with van der Waals surface area (Å²) in [6.07, 6.45) is 3.57. The molecule has 0 saturated carbocycles. The van der Waals surface area contributed by atoms with Crippen molar-refractivity contribution in [3.63, 3.8) is 0 Å². The first-order valence-corrected chi connectivity index (χ1v) is 7.56. The number of carbonyl (C=O) groups is 1. The van der Waals surface area contributed by atoms with Gasteiger partial charge in [-0.1, -0.05) is 43.7 Å². The summed E-state index contributed by atoms with van der Waals surface area (Å²) in [5, 5.41) is 4.04. The Labute approximate surface area is 120 Å². The smallest absolute Gasteiger partial charge is 0.240 e. The van der Waals surface area contributed by atoms with Crippen LogP contribution in [0, 0.1) is 0 Å². The Kier molecular flexibility index (Phi) is 4.03. The van der Waals surface area contributed by atoms with Crippen molar-refractivity contribution >= 4 is 5.91 Å². The van der Waals surface area contributed by atoms with Gasteiger partial charge in [-0.3, -0.25) is 4.79 Å². The zero-order valence-electron chi connectivity index (χ0n) is 12.0. The number of rotatable bonds is 5. The van der Waals surface area contributed by atoms with E-state index in [2.05, 4.69) is 36.2 Å². The summed E-state index contributed by atoms with van der Waals surface area (Å²) >= 11 is 0. The Hall–Kier alpha value is -1.39. The second-order valence-electron chi connectivity index (χ2n) is 5.49. The van der Waals surface area contributed by atoms with E-state index in [1.807, 2.05) is 11.1 Å². The first-order chi connectivity index (χ1) is 9.81. The van der Waals surface area contributed by atoms with Gasteiger partial charge in [-0.05, 0) is 12.0 Å². The topological polar surface area (TPSA) is 32.8 Å². The van der Waals surface area contributed by atoms with E-state index in [1.165, 1.54) is 5.56 Å². The number of hydrogen-bond donors (Lipinski definition) is 0. The van der Waals surface area contributed by atoms with Gasteiger partial charge in [-0.2, -0.15) is 0 Å². The number of amides is 1. The molecule has 0 N–H and O–H groups in total. The van der Waals surface area contributed by atoms with Gasteiger partial charge in [0.15, 0.2) is 0 Å². The van der Waals surface area contributed by atoms with Crippen LogP contribution in [0.15, 0.2) is 30.3 Å². The van der Waals surface area contributed by atoms with E-state index in [9.17, 15) is 4.79 Å². The predicted octanol–water partition coefficient (Wildman–Crippen LogP) is 2.72. The maximum atomic E-state index is 12.1. The van der Waals surface area contributed by atoms with Crippen LogP contribution in [0.3, 0.4) is 0 Å². The average molecular weight is 274 g/mol. The molecule has 108 valence electrons. The average Bonchev–Trinajstić information content (AvgIpc) is 3.02. The molecule has 1 amide bonds. The molecule has 0 aromatic heterocycles. The molecule has 2 atom stereocenters. The molecular formula is C16H22N2O2. The van der Waals surface area contributed by atoms with Gasteiger partial charge in [0.2, 0.25) is 5.91 Å². The Morgan fingerprint density at radius 2 is 2.10 bits per heavy atom. The van der Waals surface area contributed by atoms with Crippen LogP contribution in [-0.2, 0) is 9.53 Å². The number of hydrogen-bond acceptors (Lipinski definition) is 3. The monoisotopic (exact) mass is 274 g/mol. The molecule has 0 spiro atoms. The largest absolute Gasteiger partial charge is 0.357 e. The third kappa shape index (κ3) is 2.45. The zero-order valence-corrected chi connectivity index (χ0v) is 12.0. The van der Waals surface area contributed by atoms with E-state index in [1.54, 1.807) is 0 Å². The molecule has 4 nitrogen and oxygen atoms in total. The quantitative estimate of drug-likeness (QED) is 0.774.